The van der Waals surface area contributed by atoms with Crippen LogP contribution in [-0.4, -0.2) is 46.4 Å². The Labute approximate surface area is 160 Å². The summed E-state index contributed by atoms with van der Waals surface area (Å²) < 4.78 is 2.24. The molecule has 1 unspecified atom stereocenters. The lowest BCUT2D eigenvalue weighted by Crippen LogP contribution is -2.44. The maximum absolute atomic E-state index is 4.78. The third kappa shape index (κ3) is 4.23. The molecule has 0 amide bonds. The van der Waals surface area contributed by atoms with E-state index in [-0.39, 0.29) is 0 Å². The number of fused-ring (bicyclic) bond motifs is 1. The first-order chi connectivity index (χ1) is 13.3. The number of aryl methyl sites for hydroxylation is 1. The topological polar surface area (TPSA) is 70.4 Å². The van der Waals surface area contributed by atoms with Crippen molar-refractivity contribution in [3.63, 3.8) is 0 Å². The number of para-hydroxylation sites is 1. The first kappa shape index (κ1) is 17.8. The molecular weight excluding hydrogens is 338 g/mol. The molecule has 0 aliphatic carbocycles. The molecule has 1 atom stereocenters. The summed E-state index contributed by atoms with van der Waals surface area (Å²) in [5.41, 5.74) is 1.29. The standard InChI is InChI=1S/C20H29N7/c1-2-21-20(22-14-19-25-24-18-10-6-7-12-27(18)19)23-16-11-13-26(15-16)17-8-4-3-5-9-17/h3-5,8-9,16H,2,6-7,10-15H2,1H3,(H2,21,22,23). The molecule has 2 N–H and O–H groups in total. The molecule has 0 saturated carbocycles. The van der Waals surface area contributed by atoms with E-state index in [0.717, 1.165) is 56.6 Å². The Morgan fingerprint density at radius 3 is 2.93 bits per heavy atom. The van der Waals surface area contributed by atoms with Gasteiger partial charge in [-0.1, -0.05) is 18.2 Å². The number of hydrogen-bond acceptors (Lipinski definition) is 4. The lowest BCUT2D eigenvalue weighted by Gasteiger charge is -2.20. The average molecular weight is 368 g/mol. The molecule has 1 fully saturated rings. The highest BCUT2D eigenvalue weighted by molar-refractivity contribution is 5.80. The van der Waals surface area contributed by atoms with Gasteiger partial charge in [0.05, 0.1) is 0 Å². The molecule has 2 aromatic rings. The van der Waals surface area contributed by atoms with E-state index in [4.69, 9.17) is 4.99 Å². The molecular formula is C20H29N7. The van der Waals surface area contributed by atoms with Gasteiger partial charge in [-0.05, 0) is 38.3 Å². The Kier molecular flexibility index (Phi) is 5.55. The van der Waals surface area contributed by atoms with E-state index in [1.54, 1.807) is 0 Å². The van der Waals surface area contributed by atoms with Crippen molar-refractivity contribution >= 4 is 11.6 Å². The molecule has 2 aliphatic heterocycles. The maximum atomic E-state index is 4.78. The second-order valence-electron chi connectivity index (χ2n) is 7.25. The largest absolute Gasteiger partial charge is 0.369 e. The fourth-order valence-corrected chi connectivity index (χ4v) is 3.90. The van der Waals surface area contributed by atoms with Gasteiger partial charge in [-0.2, -0.15) is 0 Å². The first-order valence-corrected chi connectivity index (χ1v) is 10.1. The van der Waals surface area contributed by atoms with E-state index in [0.29, 0.717) is 12.6 Å². The second-order valence-corrected chi connectivity index (χ2v) is 7.25. The zero-order valence-electron chi connectivity index (χ0n) is 16.1. The summed E-state index contributed by atoms with van der Waals surface area (Å²) in [6, 6.07) is 11.0. The first-order valence-electron chi connectivity index (χ1n) is 10.1. The summed E-state index contributed by atoms with van der Waals surface area (Å²) >= 11 is 0. The zero-order valence-corrected chi connectivity index (χ0v) is 16.1. The van der Waals surface area contributed by atoms with Crippen molar-refractivity contribution < 1.29 is 0 Å². The van der Waals surface area contributed by atoms with Crippen molar-refractivity contribution in [1.29, 1.82) is 0 Å². The van der Waals surface area contributed by atoms with Crippen LogP contribution >= 0.6 is 0 Å². The van der Waals surface area contributed by atoms with Crippen LogP contribution in [0.25, 0.3) is 0 Å². The number of rotatable bonds is 5. The summed E-state index contributed by atoms with van der Waals surface area (Å²) in [7, 11) is 0. The highest BCUT2D eigenvalue weighted by Gasteiger charge is 2.23. The number of guanidine groups is 1. The quantitative estimate of drug-likeness (QED) is 0.624. The van der Waals surface area contributed by atoms with Crippen molar-refractivity contribution in [2.75, 3.05) is 24.5 Å². The van der Waals surface area contributed by atoms with Gasteiger partial charge in [0.2, 0.25) is 0 Å². The molecule has 4 rings (SSSR count). The van der Waals surface area contributed by atoms with Crippen LogP contribution in [0.4, 0.5) is 5.69 Å². The van der Waals surface area contributed by atoms with Gasteiger partial charge >= 0.3 is 0 Å². The van der Waals surface area contributed by atoms with E-state index >= 15 is 0 Å². The van der Waals surface area contributed by atoms with Gasteiger partial charge in [-0.15, -0.1) is 10.2 Å². The Bertz CT molecular complexity index is 768. The number of aliphatic imine (C=N–C) groups is 1. The van der Waals surface area contributed by atoms with Crippen molar-refractivity contribution in [3.05, 3.63) is 42.0 Å². The van der Waals surface area contributed by atoms with Crippen molar-refractivity contribution in [2.24, 2.45) is 4.99 Å². The highest BCUT2D eigenvalue weighted by atomic mass is 15.3. The van der Waals surface area contributed by atoms with E-state index < -0.39 is 0 Å². The summed E-state index contributed by atoms with van der Waals surface area (Å²) in [6.07, 6.45) is 4.56. The molecule has 7 heteroatoms. The minimum atomic E-state index is 0.398. The molecule has 27 heavy (non-hydrogen) atoms. The Morgan fingerprint density at radius 1 is 1.19 bits per heavy atom. The van der Waals surface area contributed by atoms with Gasteiger partial charge in [0.25, 0.3) is 0 Å². The fraction of sp³-hybridized carbons (Fsp3) is 0.550. The smallest absolute Gasteiger partial charge is 0.191 e. The SMILES string of the molecule is CCNC(=NCc1nnc2n1CCCC2)NC1CCN(c2ccccc2)C1. The molecule has 3 heterocycles. The molecule has 0 radical (unpaired) electrons. The van der Waals surface area contributed by atoms with Gasteiger partial charge in [0.1, 0.15) is 12.4 Å². The third-order valence-corrected chi connectivity index (χ3v) is 5.31. The number of aromatic nitrogens is 3. The lowest BCUT2D eigenvalue weighted by atomic mass is 10.2. The van der Waals surface area contributed by atoms with Crippen molar-refractivity contribution in [3.8, 4) is 0 Å². The lowest BCUT2D eigenvalue weighted by molar-refractivity contribution is 0.508. The third-order valence-electron chi connectivity index (χ3n) is 5.31. The van der Waals surface area contributed by atoms with Crippen LogP contribution in [0.15, 0.2) is 35.3 Å². The van der Waals surface area contributed by atoms with Crippen LogP contribution < -0.4 is 15.5 Å². The second kappa shape index (κ2) is 8.41. The molecule has 2 aliphatic rings. The number of anilines is 1. The van der Waals surface area contributed by atoms with E-state index in [9.17, 15) is 0 Å². The Hall–Kier alpha value is -2.57. The summed E-state index contributed by atoms with van der Waals surface area (Å²) in [6.45, 7) is 6.59. The zero-order chi connectivity index (χ0) is 18.5. The highest BCUT2D eigenvalue weighted by Crippen LogP contribution is 2.19. The normalized spacial score (nSPS) is 19.8. The molecule has 0 spiro atoms. The molecule has 144 valence electrons. The fourth-order valence-electron chi connectivity index (χ4n) is 3.90. The average Bonchev–Trinajstić information content (AvgIpc) is 3.34. The van der Waals surface area contributed by atoms with E-state index in [1.807, 2.05) is 0 Å². The molecule has 1 aromatic heterocycles. The Balaban J connectivity index is 1.38. The van der Waals surface area contributed by atoms with Crippen molar-refractivity contribution in [1.82, 2.24) is 25.4 Å². The molecule has 0 bridgehead atoms. The van der Waals surface area contributed by atoms with Crippen LogP contribution in [0.1, 0.15) is 37.8 Å². The minimum Gasteiger partial charge on any atom is -0.369 e. The maximum Gasteiger partial charge on any atom is 0.191 e. The van der Waals surface area contributed by atoms with Crippen molar-refractivity contribution in [2.45, 2.75) is 51.7 Å². The predicted octanol–water partition coefficient (Wildman–Crippen LogP) is 1.95. The predicted molar refractivity (Wildman–Crippen MR) is 108 cm³/mol. The molecule has 7 nitrogen and oxygen atoms in total. The number of nitrogens with one attached hydrogen (secondary N) is 2. The van der Waals surface area contributed by atoms with Gasteiger partial charge in [0.15, 0.2) is 11.8 Å². The molecule has 1 aromatic carbocycles. The van der Waals surface area contributed by atoms with Gasteiger partial charge < -0.3 is 20.1 Å². The van der Waals surface area contributed by atoms with Crippen LogP contribution in [0.3, 0.4) is 0 Å². The minimum absolute atomic E-state index is 0.398. The van der Waals surface area contributed by atoms with Gasteiger partial charge in [-0.25, -0.2) is 4.99 Å². The summed E-state index contributed by atoms with van der Waals surface area (Å²) in [4.78, 5) is 7.20. The van der Waals surface area contributed by atoms with Crippen LogP contribution in [-0.2, 0) is 19.5 Å². The number of nitrogens with zero attached hydrogens (tertiary/aromatic N) is 5. The number of benzene rings is 1. The monoisotopic (exact) mass is 367 g/mol. The Morgan fingerprint density at radius 2 is 2.07 bits per heavy atom. The summed E-state index contributed by atoms with van der Waals surface area (Å²) in [5, 5.41) is 15.6. The van der Waals surface area contributed by atoms with Crippen LogP contribution in [0, 0.1) is 0 Å². The van der Waals surface area contributed by atoms with E-state index in [2.05, 4.69) is 67.6 Å². The van der Waals surface area contributed by atoms with Crippen LogP contribution in [0.5, 0.6) is 0 Å². The van der Waals surface area contributed by atoms with Crippen LogP contribution in [0.2, 0.25) is 0 Å². The molecule has 1 saturated heterocycles. The summed E-state index contributed by atoms with van der Waals surface area (Å²) in [5.74, 6) is 2.95. The van der Waals surface area contributed by atoms with E-state index in [1.165, 1.54) is 18.5 Å². The van der Waals surface area contributed by atoms with Gasteiger partial charge in [-0.3, -0.25) is 0 Å². The van der Waals surface area contributed by atoms with Gasteiger partial charge in [0, 0.05) is 44.3 Å². The number of hydrogen-bond donors (Lipinski definition) is 2.